The first-order chi connectivity index (χ1) is 18.2. The molecule has 1 aliphatic rings. The van der Waals surface area contributed by atoms with Crippen LogP contribution in [0.25, 0.3) is 11.0 Å². The number of nitrogens with one attached hydrogen (secondary N) is 1. The van der Waals surface area contributed by atoms with Crippen LogP contribution in [0.2, 0.25) is 0 Å². The minimum Gasteiger partial charge on any atom is -0.453 e. The summed E-state index contributed by atoms with van der Waals surface area (Å²) in [5.41, 5.74) is 5.83. The maximum atomic E-state index is 11.8. The van der Waals surface area contributed by atoms with E-state index in [-0.39, 0.29) is 6.04 Å². The van der Waals surface area contributed by atoms with E-state index in [0.717, 1.165) is 56.7 Å². The Hall–Kier alpha value is -3.68. The number of piperazine rings is 1. The SMILES string of the molecule is CCCn1c(NC(=O)OC)nc2cc(CN3CCN(C(c4ccccc4)c4ccccc4)CC3)ccc21. The number of aryl methyl sites for hydroxylation is 1. The molecule has 1 aromatic heterocycles. The standard InChI is InChI=1S/C30H35N5O2/c1-3-16-35-27-15-14-23(21-26(27)31-29(35)32-30(36)37-2)22-33-17-19-34(20-18-33)28(24-10-6-4-7-11-24)25-12-8-5-9-13-25/h4-15,21,28H,3,16-20,22H2,1-2H3,(H,31,32,36). The van der Waals surface area contributed by atoms with Gasteiger partial charge in [0.25, 0.3) is 0 Å². The molecule has 7 nitrogen and oxygen atoms in total. The highest BCUT2D eigenvalue weighted by Crippen LogP contribution is 2.30. The average molecular weight is 498 g/mol. The van der Waals surface area contributed by atoms with Crippen LogP contribution in [0.1, 0.15) is 36.1 Å². The van der Waals surface area contributed by atoms with Crippen molar-refractivity contribution in [1.29, 1.82) is 0 Å². The van der Waals surface area contributed by atoms with Crippen molar-refractivity contribution in [3.8, 4) is 0 Å². The molecule has 0 spiro atoms. The van der Waals surface area contributed by atoms with Crippen LogP contribution < -0.4 is 5.32 Å². The number of fused-ring (bicyclic) bond motifs is 1. The van der Waals surface area contributed by atoms with Gasteiger partial charge in [-0.05, 0) is 35.2 Å². The highest BCUT2D eigenvalue weighted by atomic mass is 16.5. The predicted octanol–water partition coefficient (Wildman–Crippen LogP) is 5.53. The maximum Gasteiger partial charge on any atom is 0.413 e. The summed E-state index contributed by atoms with van der Waals surface area (Å²) in [6.07, 6.45) is 0.440. The minimum absolute atomic E-state index is 0.268. The van der Waals surface area contributed by atoms with Gasteiger partial charge in [0.15, 0.2) is 0 Å². The second kappa shape index (κ2) is 11.6. The van der Waals surface area contributed by atoms with Crippen LogP contribution in [0.5, 0.6) is 0 Å². The summed E-state index contributed by atoms with van der Waals surface area (Å²) in [6.45, 7) is 7.81. The Kier molecular flexibility index (Phi) is 7.82. The van der Waals surface area contributed by atoms with Crippen molar-refractivity contribution in [3.63, 3.8) is 0 Å². The molecule has 3 aromatic carbocycles. The van der Waals surface area contributed by atoms with Gasteiger partial charge in [0, 0.05) is 39.3 Å². The first kappa shape index (κ1) is 25.0. The zero-order valence-corrected chi connectivity index (χ0v) is 21.6. The van der Waals surface area contributed by atoms with E-state index in [1.165, 1.54) is 23.8 Å². The molecule has 0 aliphatic carbocycles. The largest absolute Gasteiger partial charge is 0.453 e. The molecule has 5 rings (SSSR count). The van der Waals surface area contributed by atoms with Gasteiger partial charge in [-0.25, -0.2) is 9.78 Å². The van der Waals surface area contributed by atoms with Crippen molar-refractivity contribution >= 4 is 23.1 Å². The molecule has 0 bridgehead atoms. The smallest absolute Gasteiger partial charge is 0.413 e. The fraction of sp³-hybridized carbons (Fsp3) is 0.333. The van der Waals surface area contributed by atoms with E-state index < -0.39 is 6.09 Å². The number of carbonyl (C=O) groups is 1. The van der Waals surface area contributed by atoms with Gasteiger partial charge in [-0.1, -0.05) is 73.7 Å². The molecule has 0 unspecified atom stereocenters. The number of carbonyl (C=O) groups excluding carboxylic acids is 1. The van der Waals surface area contributed by atoms with Gasteiger partial charge in [-0.2, -0.15) is 0 Å². The quantitative estimate of drug-likeness (QED) is 0.347. The normalized spacial score (nSPS) is 14.8. The molecular formula is C30H35N5O2. The Morgan fingerprint density at radius 3 is 2.19 bits per heavy atom. The zero-order chi connectivity index (χ0) is 25.6. The Morgan fingerprint density at radius 1 is 0.946 bits per heavy atom. The summed E-state index contributed by atoms with van der Waals surface area (Å²) >= 11 is 0. The highest BCUT2D eigenvalue weighted by molar-refractivity contribution is 5.87. The number of benzene rings is 3. The topological polar surface area (TPSA) is 62.6 Å². The average Bonchev–Trinajstić information content (AvgIpc) is 3.27. The monoisotopic (exact) mass is 497 g/mol. The lowest BCUT2D eigenvalue weighted by atomic mass is 9.96. The Labute approximate surface area is 218 Å². The molecule has 2 heterocycles. The molecule has 192 valence electrons. The van der Waals surface area contributed by atoms with Gasteiger partial charge in [0.05, 0.1) is 24.2 Å². The molecule has 0 saturated carbocycles. The number of hydrogen-bond acceptors (Lipinski definition) is 5. The summed E-state index contributed by atoms with van der Waals surface area (Å²) in [7, 11) is 1.36. The minimum atomic E-state index is -0.505. The van der Waals surface area contributed by atoms with Gasteiger partial charge < -0.3 is 9.30 Å². The van der Waals surface area contributed by atoms with Crippen molar-refractivity contribution in [2.75, 3.05) is 38.6 Å². The van der Waals surface area contributed by atoms with E-state index >= 15 is 0 Å². The molecule has 1 fully saturated rings. The number of methoxy groups -OCH3 is 1. The van der Waals surface area contributed by atoms with Crippen molar-refractivity contribution in [2.45, 2.75) is 32.5 Å². The summed E-state index contributed by atoms with van der Waals surface area (Å²) < 4.78 is 6.82. The van der Waals surface area contributed by atoms with Crippen LogP contribution in [0, 0.1) is 0 Å². The van der Waals surface area contributed by atoms with Gasteiger partial charge in [-0.3, -0.25) is 15.1 Å². The van der Waals surface area contributed by atoms with Crippen LogP contribution in [0.15, 0.2) is 78.9 Å². The molecule has 0 atom stereocenters. The number of ether oxygens (including phenoxy) is 1. The summed E-state index contributed by atoms with van der Waals surface area (Å²) in [5, 5.41) is 2.75. The van der Waals surface area contributed by atoms with Gasteiger partial charge in [0.2, 0.25) is 5.95 Å². The second-order valence-corrected chi connectivity index (χ2v) is 9.56. The number of nitrogens with zero attached hydrogens (tertiary/aromatic N) is 4. The van der Waals surface area contributed by atoms with E-state index in [1.807, 2.05) is 4.57 Å². The number of hydrogen-bond donors (Lipinski definition) is 1. The number of amides is 1. The molecule has 1 N–H and O–H groups in total. The molecule has 37 heavy (non-hydrogen) atoms. The van der Waals surface area contributed by atoms with E-state index in [1.54, 1.807) is 0 Å². The van der Waals surface area contributed by atoms with Gasteiger partial charge >= 0.3 is 6.09 Å². The number of aromatic nitrogens is 2. The molecule has 1 aliphatic heterocycles. The number of anilines is 1. The lowest BCUT2D eigenvalue weighted by molar-refractivity contribution is 0.105. The molecular weight excluding hydrogens is 462 g/mol. The first-order valence-electron chi connectivity index (χ1n) is 13.1. The molecule has 1 saturated heterocycles. The molecule has 0 radical (unpaired) electrons. The first-order valence-corrected chi connectivity index (χ1v) is 13.1. The van der Waals surface area contributed by atoms with Crippen LogP contribution in [0.4, 0.5) is 10.7 Å². The van der Waals surface area contributed by atoms with E-state index in [2.05, 4.69) is 101 Å². The molecule has 7 heteroatoms. The zero-order valence-electron chi connectivity index (χ0n) is 21.6. The molecule has 1 amide bonds. The van der Waals surface area contributed by atoms with Crippen LogP contribution >= 0.6 is 0 Å². The lowest BCUT2D eigenvalue weighted by Gasteiger charge is -2.39. The lowest BCUT2D eigenvalue weighted by Crippen LogP contribution is -2.47. The Balaban J connectivity index is 1.29. The number of imidazole rings is 1. The van der Waals surface area contributed by atoms with Gasteiger partial charge in [-0.15, -0.1) is 0 Å². The fourth-order valence-electron chi connectivity index (χ4n) is 5.28. The third kappa shape index (κ3) is 5.68. The third-order valence-corrected chi connectivity index (χ3v) is 7.07. The summed E-state index contributed by atoms with van der Waals surface area (Å²) in [4.78, 5) is 21.6. The van der Waals surface area contributed by atoms with Crippen molar-refractivity contribution < 1.29 is 9.53 Å². The third-order valence-electron chi connectivity index (χ3n) is 7.07. The van der Waals surface area contributed by atoms with Crippen molar-refractivity contribution in [2.24, 2.45) is 0 Å². The highest BCUT2D eigenvalue weighted by Gasteiger charge is 2.26. The van der Waals surface area contributed by atoms with Crippen molar-refractivity contribution in [1.82, 2.24) is 19.4 Å². The predicted molar refractivity (Wildman–Crippen MR) is 148 cm³/mol. The maximum absolute atomic E-state index is 11.8. The summed E-state index contributed by atoms with van der Waals surface area (Å²) in [6, 6.07) is 28.3. The van der Waals surface area contributed by atoms with E-state index in [4.69, 9.17) is 9.72 Å². The van der Waals surface area contributed by atoms with Crippen LogP contribution in [0.3, 0.4) is 0 Å². The molecule has 4 aromatic rings. The van der Waals surface area contributed by atoms with E-state index in [9.17, 15) is 4.79 Å². The van der Waals surface area contributed by atoms with Gasteiger partial charge in [0.1, 0.15) is 0 Å². The Bertz CT molecular complexity index is 1270. The number of rotatable bonds is 8. The van der Waals surface area contributed by atoms with Crippen LogP contribution in [-0.2, 0) is 17.8 Å². The van der Waals surface area contributed by atoms with E-state index in [0.29, 0.717) is 5.95 Å². The fourth-order valence-corrected chi connectivity index (χ4v) is 5.28. The Morgan fingerprint density at radius 2 is 1.59 bits per heavy atom. The van der Waals surface area contributed by atoms with Crippen molar-refractivity contribution in [3.05, 3.63) is 95.6 Å². The van der Waals surface area contributed by atoms with Crippen LogP contribution in [-0.4, -0.2) is 58.7 Å². The second-order valence-electron chi connectivity index (χ2n) is 9.56. The summed E-state index contributed by atoms with van der Waals surface area (Å²) in [5.74, 6) is 0.530.